The van der Waals surface area contributed by atoms with Gasteiger partial charge in [-0.15, -0.1) is 0 Å². The molecule has 0 aliphatic heterocycles. The van der Waals surface area contributed by atoms with Crippen molar-refractivity contribution in [1.29, 1.82) is 0 Å². The third-order valence-corrected chi connectivity index (χ3v) is 3.75. The lowest BCUT2D eigenvalue weighted by Gasteiger charge is -1.97. The fourth-order valence-corrected chi connectivity index (χ4v) is 2.70. The van der Waals surface area contributed by atoms with Gasteiger partial charge in [-0.25, -0.2) is 15.0 Å². The van der Waals surface area contributed by atoms with Crippen LogP contribution in [-0.4, -0.2) is 19.9 Å². The molecule has 2 aromatic carbocycles. The molecule has 0 saturated carbocycles. The number of aromatic nitrogens is 4. The molecule has 2 heterocycles. The second-order valence-electron chi connectivity index (χ2n) is 4.67. The van der Waals surface area contributed by atoms with Crippen LogP contribution in [0.1, 0.15) is 0 Å². The summed E-state index contributed by atoms with van der Waals surface area (Å²) in [6, 6.07) is 14.5. The molecule has 0 spiro atoms. The molecule has 4 aromatic rings. The highest BCUT2D eigenvalue weighted by molar-refractivity contribution is 6.35. The van der Waals surface area contributed by atoms with Gasteiger partial charge in [0, 0.05) is 5.39 Å². The minimum Gasteiger partial charge on any atom is -0.297 e. The van der Waals surface area contributed by atoms with Gasteiger partial charge in [-0.3, -0.25) is 9.78 Å². The van der Waals surface area contributed by atoms with E-state index in [1.165, 1.54) is 0 Å². The van der Waals surface area contributed by atoms with Crippen molar-refractivity contribution in [2.24, 2.45) is 0 Å². The Labute approximate surface area is 151 Å². The largest absolute Gasteiger partial charge is 0.297 e. The summed E-state index contributed by atoms with van der Waals surface area (Å²) in [7, 11) is 0. The SMILES string of the molecule is Clc1nc(Cl)c2ccccc2n1.O=c1[nH]c(Cl)nc2ccccc12. The van der Waals surface area contributed by atoms with Crippen LogP contribution >= 0.6 is 34.8 Å². The van der Waals surface area contributed by atoms with Crippen molar-refractivity contribution in [2.45, 2.75) is 0 Å². The fourth-order valence-electron chi connectivity index (χ4n) is 2.07. The number of benzene rings is 2. The second kappa shape index (κ2) is 7.13. The van der Waals surface area contributed by atoms with Crippen LogP contribution in [0.25, 0.3) is 21.8 Å². The van der Waals surface area contributed by atoms with E-state index in [2.05, 4.69) is 19.9 Å². The summed E-state index contributed by atoms with van der Waals surface area (Å²) in [6.45, 7) is 0. The predicted molar refractivity (Wildman–Crippen MR) is 96.9 cm³/mol. The molecule has 0 unspecified atom stereocenters. The van der Waals surface area contributed by atoms with Crippen LogP contribution in [0.3, 0.4) is 0 Å². The molecule has 0 atom stereocenters. The van der Waals surface area contributed by atoms with Gasteiger partial charge in [0.2, 0.25) is 10.6 Å². The Morgan fingerprint density at radius 3 is 2.04 bits per heavy atom. The van der Waals surface area contributed by atoms with Crippen LogP contribution in [0.4, 0.5) is 0 Å². The van der Waals surface area contributed by atoms with E-state index in [0.717, 1.165) is 10.9 Å². The summed E-state index contributed by atoms with van der Waals surface area (Å²) < 4.78 is 0. The summed E-state index contributed by atoms with van der Waals surface area (Å²) in [5.41, 5.74) is 1.18. The molecule has 0 bridgehead atoms. The molecular formula is C16H9Cl3N4O. The van der Waals surface area contributed by atoms with Crippen molar-refractivity contribution < 1.29 is 0 Å². The molecule has 0 saturated heterocycles. The summed E-state index contributed by atoms with van der Waals surface area (Å²) in [4.78, 5) is 25.4. The number of rotatable bonds is 0. The topological polar surface area (TPSA) is 71.5 Å². The number of halogens is 3. The summed E-state index contributed by atoms with van der Waals surface area (Å²) in [5.74, 6) is 0. The lowest BCUT2D eigenvalue weighted by Crippen LogP contribution is -2.07. The average molecular weight is 380 g/mol. The molecule has 0 aliphatic carbocycles. The minimum atomic E-state index is -0.203. The number of hydrogen-bond donors (Lipinski definition) is 1. The van der Waals surface area contributed by atoms with Gasteiger partial charge < -0.3 is 0 Å². The maximum Gasteiger partial charge on any atom is 0.259 e. The van der Waals surface area contributed by atoms with Gasteiger partial charge >= 0.3 is 0 Å². The monoisotopic (exact) mass is 378 g/mol. The van der Waals surface area contributed by atoms with Crippen molar-refractivity contribution in [3.05, 3.63) is 74.6 Å². The van der Waals surface area contributed by atoms with E-state index in [0.29, 0.717) is 16.1 Å². The van der Waals surface area contributed by atoms with Gasteiger partial charge in [0.05, 0.1) is 16.4 Å². The summed E-state index contributed by atoms with van der Waals surface area (Å²) in [5, 5.41) is 2.08. The van der Waals surface area contributed by atoms with Crippen LogP contribution in [0.2, 0.25) is 15.7 Å². The molecular weight excluding hydrogens is 371 g/mol. The van der Waals surface area contributed by atoms with Gasteiger partial charge in [0.1, 0.15) is 5.15 Å². The first-order valence-electron chi connectivity index (χ1n) is 6.77. The third-order valence-electron chi connectivity index (χ3n) is 3.11. The molecule has 0 aliphatic rings. The molecule has 24 heavy (non-hydrogen) atoms. The van der Waals surface area contributed by atoms with E-state index in [-0.39, 0.29) is 16.1 Å². The van der Waals surface area contributed by atoms with Gasteiger partial charge in [0.25, 0.3) is 5.56 Å². The van der Waals surface area contributed by atoms with Gasteiger partial charge in [-0.05, 0) is 47.5 Å². The highest BCUT2D eigenvalue weighted by atomic mass is 35.5. The molecule has 4 rings (SSSR count). The molecule has 1 N–H and O–H groups in total. The number of fused-ring (bicyclic) bond motifs is 2. The number of aromatic amines is 1. The zero-order chi connectivity index (χ0) is 17.1. The van der Waals surface area contributed by atoms with Crippen molar-refractivity contribution >= 4 is 56.6 Å². The normalized spacial score (nSPS) is 10.5. The van der Waals surface area contributed by atoms with Crippen LogP contribution < -0.4 is 5.56 Å². The van der Waals surface area contributed by atoms with Crippen molar-refractivity contribution in [2.75, 3.05) is 0 Å². The number of nitrogens with zero attached hydrogens (tertiary/aromatic N) is 3. The zero-order valence-electron chi connectivity index (χ0n) is 12.0. The highest BCUT2D eigenvalue weighted by Gasteiger charge is 2.02. The standard InChI is InChI=1S/C8H4Cl2N2.C8H5ClN2O/c9-7-5-3-1-2-4-6(5)11-8(10)12-7;9-8-10-6-4-2-1-3-5(6)7(12)11-8/h1-4H;1-4H,(H,10,11,12). The Hall–Kier alpha value is -2.21. The lowest BCUT2D eigenvalue weighted by molar-refractivity contribution is 1.17. The number of H-pyrrole nitrogens is 1. The Morgan fingerprint density at radius 1 is 0.750 bits per heavy atom. The highest BCUT2D eigenvalue weighted by Crippen LogP contribution is 2.20. The number of hydrogen-bond acceptors (Lipinski definition) is 4. The quantitative estimate of drug-likeness (QED) is 0.360. The smallest absolute Gasteiger partial charge is 0.259 e. The first kappa shape index (κ1) is 16.6. The number of para-hydroxylation sites is 2. The maximum absolute atomic E-state index is 11.2. The second-order valence-corrected chi connectivity index (χ2v) is 5.73. The molecule has 5 nitrogen and oxygen atoms in total. The molecule has 0 amide bonds. The Kier molecular flexibility index (Phi) is 4.94. The Balaban J connectivity index is 0.000000141. The summed E-state index contributed by atoms with van der Waals surface area (Å²) >= 11 is 17.0. The van der Waals surface area contributed by atoms with Gasteiger partial charge in [0.15, 0.2) is 0 Å². The van der Waals surface area contributed by atoms with Crippen molar-refractivity contribution in [3.63, 3.8) is 0 Å². The van der Waals surface area contributed by atoms with Gasteiger partial charge in [-0.2, -0.15) is 0 Å². The third kappa shape index (κ3) is 3.64. The Morgan fingerprint density at radius 2 is 1.33 bits per heavy atom. The van der Waals surface area contributed by atoms with E-state index < -0.39 is 0 Å². The van der Waals surface area contributed by atoms with Crippen LogP contribution in [-0.2, 0) is 0 Å². The van der Waals surface area contributed by atoms with Crippen LogP contribution in [0.5, 0.6) is 0 Å². The zero-order valence-corrected chi connectivity index (χ0v) is 14.3. The van der Waals surface area contributed by atoms with E-state index in [4.69, 9.17) is 34.8 Å². The predicted octanol–water partition coefficient (Wildman–Crippen LogP) is 4.51. The van der Waals surface area contributed by atoms with E-state index in [9.17, 15) is 4.79 Å². The van der Waals surface area contributed by atoms with E-state index >= 15 is 0 Å². The summed E-state index contributed by atoms with van der Waals surface area (Å²) in [6.07, 6.45) is 0. The molecule has 120 valence electrons. The molecule has 0 fully saturated rings. The van der Waals surface area contributed by atoms with Crippen molar-refractivity contribution in [3.8, 4) is 0 Å². The van der Waals surface area contributed by atoms with Gasteiger partial charge in [-0.1, -0.05) is 35.9 Å². The minimum absolute atomic E-state index is 0.124. The molecule has 2 aromatic heterocycles. The molecule has 8 heteroatoms. The van der Waals surface area contributed by atoms with Crippen molar-refractivity contribution in [1.82, 2.24) is 19.9 Å². The van der Waals surface area contributed by atoms with E-state index in [1.807, 2.05) is 30.3 Å². The van der Waals surface area contributed by atoms with E-state index in [1.54, 1.807) is 18.2 Å². The fraction of sp³-hybridized carbons (Fsp3) is 0. The Bertz CT molecular complexity index is 1080. The maximum atomic E-state index is 11.2. The first-order valence-corrected chi connectivity index (χ1v) is 7.90. The lowest BCUT2D eigenvalue weighted by atomic mass is 10.2. The molecule has 0 radical (unpaired) electrons. The first-order chi connectivity index (χ1) is 11.5. The average Bonchev–Trinajstić information content (AvgIpc) is 2.55. The number of nitrogens with one attached hydrogen (secondary N) is 1. The van der Waals surface area contributed by atoms with Crippen LogP contribution in [0, 0.1) is 0 Å². The van der Waals surface area contributed by atoms with Crippen LogP contribution in [0.15, 0.2) is 53.3 Å².